The monoisotopic (exact) mass is 398 g/mol. The summed E-state index contributed by atoms with van der Waals surface area (Å²) in [6, 6.07) is 26.8. The van der Waals surface area contributed by atoms with E-state index in [0.29, 0.717) is 0 Å². The maximum absolute atomic E-state index is 13.5. The Morgan fingerprint density at radius 3 is 2.13 bits per heavy atom. The van der Waals surface area contributed by atoms with E-state index >= 15 is 0 Å². The lowest BCUT2D eigenvalue weighted by molar-refractivity contribution is -0.143. The summed E-state index contributed by atoms with van der Waals surface area (Å²) >= 11 is 0. The van der Waals surface area contributed by atoms with Crippen molar-refractivity contribution >= 4 is 17.5 Å². The zero-order chi connectivity index (χ0) is 20.7. The van der Waals surface area contributed by atoms with Gasteiger partial charge in [-0.3, -0.25) is 19.3 Å². The first-order valence-corrected chi connectivity index (χ1v) is 10.1. The summed E-state index contributed by atoms with van der Waals surface area (Å²) < 4.78 is 0. The van der Waals surface area contributed by atoms with Crippen molar-refractivity contribution in [1.29, 1.82) is 0 Å². The largest absolute Gasteiger partial charge is 0.275 e. The van der Waals surface area contributed by atoms with Gasteiger partial charge in [0, 0.05) is 0 Å². The molecule has 2 heterocycles. The molecular formula is C25H22N2O3. The number of fused-ring (bicyclic) bond motifs is 1. The fourth-order valence-corrected chi connectivity index (χ4v) is 4.43. The third-order valence-corrected chi connectivity index (χ3v) is 5.91. The van der Waals surface area contributed by atoms with E-state index < -0.39 is 12.0 Å². The van der Waals surface area contributed by atoms with Crippen LogP contribution in [0, 0.1) is 12.8 Å². The summed E-state index contributed by atoms with van der Waals surface area (Å²) in [5, 5.41) is 1.74. The van der Waals surface area contributed by atoms with Crippen LogP contribution in [0.25, 0.3) is 0 Å². The molecule has 3 atom stereocenters. The average Bonchev–Trinajstić information content (AvgIpc) is 3.27. The van der Waals surface area contributed by atoms with Crippen molar-refractivity contribution in [3.8, 4) is 0 Å². The smallest absolute Gasteiger partial charge is 0.262 e. The molecule has 0 radical (unpaired) electrons. The van der Waals surface area contributed by atoms with Gasteiger partial charge >= 0.3 is 0 Å². The van der Waals surface area contributed by atoms with Crippen molar-refractivity contribution in [2.75, 3.05) is 5.06 Å². The van der Waals surface area contributed by atoms with E-state index in [4.69, 9.17) is 4.84 Å². The molecule has 5 rings (SSSR count). The number of hydrogen-bond donors (Lipinski definition) is 0. The fourth-order valence-electron chi connectivity index (χ4n) is 4.43. The molecule has 0 aliphatic carbocycles. The number of benzene rings is 3. The third kappa shape index (κ3) is 2.99. The molecular weight excluding hydrogens is 376 g/mol. The van der Waals surface area contributed by atoms with Crippen LogP contribution in [0.3, 0.4) is 0 Å². The number of carbonyl (C=O) groups excluding carboxylic acids is 2. The zero-order valence-electron chi connectivity index (χ0n) is 16.6. The number of rotatable bonds is 4. The standard InChI is InChI=1S/C25H22N2O3/c1-17-10-8-9-15-20(17)22-21-23(30-27(22)19-13-6-3-7-14-19)25(29)26(24(21)28)16-18-11-4-2-5-12-18/h2-15,21-23H,16H2,1H3/t21-,22-,23+/m1/s1. The average molecular weight is 398 g/mol. The molecule has 30 heavy (non-hydrogen) atoms. The third-order valence-electron chi connectivity index (χ3n) is 5.91. The van der Waals surface area contributed by atoms with E-state index in [1.165, 1.54) is 4.90 Å². The minimum atomic E-state index is -0.814. The van der Waals surface area contributed by atoms with Gasteiger partial charge in [0.25, 0.3) is 5.91 Å². The number of para-hydroxylation sites is 1. The normalized spacial score (nSPS) is 23.2. The van der Waals surface area contributed by atoms with Crippen molar-refractivity contribution in [1.82, 2.24) is 4.90 Å². The first-order valence-electron chi connectivity index (χ1n) is 10.1. The maximum Gasteiger partial charge on any atom is 0.262 e. The molecule has 5 heteroatoms. The number of hydrogen-bond acceptors (Lipinski definition) is 4. The molecule has 0 unspecified atom stereocenters. The number of imide groups is 1. The minimum absolute atomic E-state index is 0.180. The summed E-state index contributed by atoms with van der Waals surface area (Å²) in [5.74, 6) is -1.03. The van der Waals surface area contributed by atoms with E-state index in [1.807, 2.05) is 91.9 Å². The van der Waals surface area contributed by atoms with Crippen LogP contribution in [0.4, 0.5) is 5.69 Å². The Bertz CT molecular complexity index is 1080. The van der Waals surface area contributed by atoms with Crippen LogP contribution in [-0.2, 0) is 21.0 Å². The Labute approximate surface area is 175 Å². The topological polar surface area (TPSA) is 49.9 Å². The highest BCUT2D eigenvalue weighted by atomic mass is 16.7. The molecule has 5 nitrogen and oxygen atoms in total. The van der Waals surface area contributed by atoms with Gasteiger partial charge in [-0.15, -0.1) is 0 Å². The van der Waals surface area contributed by atoms with Crippen LogP contribution < -0.4 is 5.06 Å². The maximum atomic E-state index is 13.5. The number of anilines is 1. The van der Waals surface area contributed by atoms with Crippen LogP contribution in [0.1, 0.15) is 22.7 Å². The molecule has 0 saturated carbocycles. The number of hydroxylamine groups is 1. The quantitative estimate of drug-likeness (QED) is 0.623. The SMILES string of the molecule is Cc1ccccc1[C@@H]1[C@H]2C(=O)N(Cc3ccccc3)C(=O)[C@H]2ON1c1ccccc1. The number of nitrogens with zero attached hydrogens (tertiary/aromatic N) is 2. The number of carbonyl (C=O) groups is 2. The molecule has 2 aliphatic heterocycles. The van der Waals surface area contributed by atoms with Gasteiger partial charge in [-0.1, -0.05) is 72.8 Å². The van der Waals surface area contributed by atoms with Crippen molar-refractivity contribution in [3.63, 3.8) is 0 Å². The molecule has 2 aliphatic rings. The summed E-state index contributed by atoms with van der Waals surface area (Å²) in [4.78, 5) is 34.2. The lowest BCUT2D eigenvalue weighted by Crippen LogP contribution is -2.37. The first kappa shape index (κ1) is 18.6. The molecule has 0 bridgehead atoms. The van der Waals surface area contributed by atoms with E-state index in [9.17, 15) is 9.59 Å². The van der Waals surface area contributed by atoms with Gasteiger partial charge in [-0.2, -0.15) is 0 Å². The van der Waals surface area contributed by atoms with Gasteiger partial charge in [0.15, 0.2) is 6.10 Å². The molecule has 2 fully saturated rings. The van der Waals surface area contributed by atoms with Gasteiger partial charge < -0.3 is 0 Å². The molecule has 150 valence electrons. The van der Waals surface area contributed by atoms with Crippen LogP contribution in [-0.4, -0.2) is 22.8 Å². The van der Waals surface area contributed by atoms with Crippen LogP contribution in [0.15, 0.2) is 84.9 Å². The molecule has 2 amide bonds. The van der Waals surface area contributed by atoms with Crippen LogP contribution >= 0.6 is 0 Å². The predicted octanol–water partition coefficient (Wildman–Crippen LogP) is 4.04. The summed E-state index contributed by atoms with van der Waals surface area (Å²) in [5.41, 5.74) is 3.81. The Kier molecular flexibility index (Phi) is 4.60. The molecule has 0 spiro atoms. The van der Waals surface area contributed by atoms with E-state index in [-0.39, 0.29) is 24.4 Å². The second kappa shape index (κ2) is 7.43. The van der Waals surface area contributed by atoms with Gasteiger partial charge in [-0.05, 0) is 35.7 Å². The van der Waals surface area contributed by atoms with Gasteiger partial charge in [0.1, 0.15) is 5.92 Å². The number of likely N-dealkylation sites (tertiary alicyclic amines) is 1. The van der Waals surface area contributed by atoms with Gasteiger partial charge in [0.05, 0.1) is 18.3 Å². The van der Waals surface area contributed by atoms with Gasteiger partial charge in [0.2, 0.25) is 5.91 Å². The minimum Gasteiger partial charge on any atom is -0.275 e. The molecule has 3 aromatic rings. The molecule has 3 aromatic carbocycles. The molecule has 0 aromatic heterocycles. The lowest BCUT2D eigenvalue weighted by atomic mass is 9.88. The number of aryl methyl sites for hydroxylation is 1. The summed E-state index contributed by atoms with van der Waals surface area (Å²) in [6.45, 7) is 2.29. The first-order chi connectivity index (χ1) is 14.6. The van der Waals surface area contributed by atoms with E-state index in [0.717, 1.165) is 22.4 Å². The van der Waals surface area contributed by atoms with Gasteiger partial charge in [-0.25, -0.2) is 5.06 Å². The highest BCUT2D eigenvalue weighted by Gasteiger charge is 2.59. The summed E-state index contributed by atoms with van der Waals surface area (Å²) in [6.07, 6.45) is -0.814. The molecule has 2 saturated heterocycles. The van der Waals surface area contributed by atoms with Crippen molar-refractivity contribution in [2.45, 2.75) is 25.6 Å². The predicted molar refractivity (Wildman–Crippen MR) is 113 cm³/mol. The Balaban J connectivity index is 1.54. The number of amides is 2. The van der Waals surface area contributed by atoms with E-state index in [1.54, 1.807) is 5.06 Å². The van der Waals surface area contributed by atoms with Crippen molar-refractivity contribution < 1.29 is 14.4 Å². The lowest BCUT2D eigenvalue weighted by Gasteiger charge is -2.29. The van der Waals surface area contributed by atoms with Crippen LogP contribution in [0.5, 0.6) is 0 Å². The Morgan fingerprint density at radius 1 is 0.800 bits per heavy atom. The summed E-state index contributed by atoms with van der Waals surface area (Å²) in [7, 11) is 0. The zero-order valence-corrected chi connectivity index (χ0v) is 16.6. The second-order valence-corrected chi connectivity index (χ2v) is 7.76. The highest BCUT2D eigenvalue weighted by Crippen LogP contribution is 2.47. The Hall–Kier alpha value is -3.44. The Morgan fingerprint density at radius 2 is 1.43 bits per heavy atom. The highest BCUT2D eigenvalue weighted by molar-refractivity contribution is 6.07. The van der Waals surface area contributed by atoms with Crippen molar-refractivity contribution in [2.24, 2.45) is 5.92 Å². The van der Waals surface area contributed by atoms with Crippen molar-refractivity contribution in [3.05, 3.63) is 102 Å². The van der Waals surface area contributed by atoms with E-state index in [2.05, 4.69) is 0 Å². The second-order valence-electron chi connectivity index (χ2n) is 7.76. The van der Waals surface area contributed by atoms with Crippen LogP contribution in [0.2, 0.25) is 0 Å². The fraction of sp³-hybridized carbons (Fsp3) is 0.200. The molecule has 0 N–H and O–H groups in total.